The molecule has 50 heavy (non-hydrogen) atoms. The topological polar surface area (TPSA) is 50.7 Å². The summed E-state index contributed by atoms with van der Waals surface area (Å²) in [6.45, 7) is 11.1. The molecule has 1 atom stereocenters. The second-order valence-electron chi connectivity index (χ2n) is 14.5. The van der Waals surface area contributed by atoms with Crippen molar-refractivity contribution in [2.24, 2.45) is 0 Å². The van der Waals surface area contributed by atoms with E-state index in [1.807, 2.05) is 36.4 Å². The lowest BCUT2D eigenvalue weighted by Crippen LogP contribution is -2.32. The highest BCUT2D eigenvalue weighted by Crippen LogP contribution is 2.41. The summed E-state index contributed by atoms with van der Waals surface area (Å²) in [6, 6.07) is 46.8. The van der Waals surface area contributed by atoms with Crippen LogP contribution in [0.3, 0.4) is 0 Å². The van der Waals surface area contributed by atoms with Crippen LogP contribution in [0.25, 0.3) is 62.0 Å². The lowest BCUT2D eigenvalue weighted by molar-refractivity contribution is 0.594. The van der Waals surface area contributed by atoms with Gasteiger partial charge in [-0.3, -0.25) is 4.98 Å². The minimum absolute atomic E-state index is 0.0160. The summed E-state index contributed by atoms with van der Waals surface area (Å²) in [6.07, 6.45) is 4.50. The van der Waals surface area contributed by atoms with Crippen molar-refractivity contribution in [3.8, 4) is 45.0 Å². The van der Waals surface area contributed by atoms with Crippen LogP contribution < -0.4 is 5.32 Å². The molecule has 8 rings (SSSR count). The lowest BCUT2D eigenvalue weighted by atomic mass is 9.82. The Labute approximate surface area is 294 Å². The fraction of sp³-hybridized carbons (Fsp3) is 0.152. The first-order chi connectivity index (χ1) is 24.1. The van der Waals surface area contributed by atoms with Crippen LogP contribution in [-0.2, 0) is 11.0 Å². The molecule has 244 valence electrons. The van der Waals surface area contributed by atoms with Crippen molar-refractivity contribution in [3.63, 3.8) is 0 Å². The van der Waals surface area contributed by atoms with Gasteiger partial charge in [0.2, 0.25) is 0 Å². The van der Waals surface area contributed by atoms with Gasteiger partial charge < -0.3 is 5.32 Å². The van der Waals surface area contributed by atoms with Crippen molar-refractivity contribution in [1.82, 2.24) is 15.0 Å². The summed E-state index contributed by atoms with van der Waals surface area (Å²) < 4.78 is 0. The van der Waals surface area contributed by atoms with Gasteiger partial charge in [0.05, 0.1) is 28.1 Å². The molecule has 3 heterocycles. The van der Waals surface area contributed by atoms with Crippen LogP contribution in [0.2, 0.25) is 0 Å². The summed E-state index contributed by atoms with van der Waals surface area (Å²) in [7, 11) is 0. The molecule has 0 fully saturated rings. The maximum Gasteiger partial charge on any atom is 0.160 e. The number of aromatic nitrogens is 3. The zero-order chi connectivity index (χ0) is 34.5. The number of hydrogen-bond acceptors (Lipinski definition) is 4. The van der Waals surface area contributed by atoms with E-state index in [9.17, 15) is 0 Å². The number of hydrogen-bond donors (Lipinski definition) is 1. The van der Waals surface area contributed by atoms with Crippen molar-refractivity contribution in [2.45, 2.75) is 45.6 Å². The summed E-state index contributed by atoms with van der Waals surface area (Å²) in [4.78, 5) is 15.1. The number of pyridine rings is 1. The molecule has 0 saturated heterocycles. The van der Waals surface area contributed by atoms with Crippen LogP contribution in [0.1, 0.15) is 50.1 Å². The third-order valence-electron chi connectivity index (χ3n) is 9.73. The average Bonchev–Trinajstić information content (AvgIpc) is 3.15. The highest BCUT2D eigenvalue weighted by atomic mass is 15.0. The predicted octanol–water partition coefficient (Wildman–Crippen LogP) is 11.7. The van der Waals surface area contributed by atoms with Gasteiger partial charge in [-0.15, -0.1) is 0 Å². The molecular formula is C46H40N4. The van der Waals surface area contributed by atoms with Crippen molar-refractivity contribution in [1.29, 1.82) is 0 Å². The number of aryl methyl sites for hydroxylation is 1. The molecule has 4 heteroatoms. The first-order valence-electron chi connectivity index (χ1n) is 17.3. The molecule has 1 aliphatic heterocycles. The summed E-state index contributed by atoms with van der Waals surface area (Å²) in [5.41, 5.74) is 13.6. The largest absolute Gasteiger partial charge is 0.370 e. The van der Waals surface area contributed by atoms with E-state index in [2.05, 4.69) is 149 Å². The Balaban J connectivity index is 1.13. The molecule has 0 bridgehead atoms. The van der Waals surface area contributed by atoms with Gasteiger partial charge >= 0.3 is 0 Å². The zero-order valence-electron chi connectivity index (χ0n) is 29.2. The fourth-order valence-electron chi connectivity index (χ4n) is 6.99. The lowest BCUT2D eigenvalue weighted by Gasteiger charge is -2.34. The Morgan fingerprint density at radius 2 is 1.20 bits per heavy atom. The van der Waals surface area contributed by atoms with Gasteiger partial charge in [0.25, 0.3) is 0 Å². The minimum Gasteiger partial charge on any atom is -0.370 e. The molecule has 0 spiro atoms. The minimum atomic E-state index is -0.394. The van der Waals surface area contributed by atoms with E-state index in [1.165, 1.54) is 16.5 Å². The van der Waals surface area contributed by atoms with E-state index in [0.717, 1.165) is 61.7 Å². The van der Waals surface area contributed by atoms with E-state index >= 15 is 0 Å². The summed E-state index contributed by atoms with van der Waals surface area (Å²) >= 11 is 0. The monoisotopic (exact) mass is 648 g/mol. The van der Waals surface area contributed by atoms with E-state index in [1.54, 1.807) is 0 Å². The van der Waals surface area contributed by atoms with Crippen LogP contribution in [0.5, 0.6) is 0 Å². The first-order valence-corrected chi connectivity index (χ1v) is 17.3. The predicted molar refractivity (Wildman–Crippen MR) is 209 cm³/mol. The Bertz CT molecular complexity index is 2330. The maximum atomic E-state index is 5.05. The third-order valence-corrected chi connectivity index (χ3v) is 9.73. The van der Waals surface area contributed by atoms with E-state index in [0.29, 0.717) is 5.82 Å². The summed E-state index contributed by atoms with van der Waals surface area (Å²) in [5, 5.41) is 5.11. The summed E-state index contributed by atoms with van der Waals surface area (Å²) in [5.74, 6) is 0.706. The molecule has 2 aromatic heterocycles. The molecule has 7 aromatic rings. The molecule has 4 nitrogen and oxygen atoms in total. The number of nitrogens with one attached hydrogen (secondary N) is 1. The standard InChI is InChI=1S/C46H40N4/c1-30-27-39(45(2,3)4)38-24-21-34-25-26-46(5,50-42(34)43(38)47-30)37-22-19-31(20-23-37)35-17-12-18-36(28-35)44-48-40(32-13-8-6-9-14-32)29-41(49-44)33-15-10-7-11-16-33/h6-29,50H,1-5H3/t46-/m0/s1. The van der Waals surface area contributed by atoms with Crippen LogP contribution >= 0.6 is 0 Å². The van der Waals surface area contributed by atoms with Crippen LogP contribution in [0.15, 0.2) is 140 Å². The quantitative estimate of drug-likeness (QED) is 0.202. The molecule has 0 unspecified atom stereocenters. The highest BCUT2D eigenvalue weighted by Gasteiger charge is 2.30. The smallest absolute Gasteiger partial charge is 0.160 e. The van der Waals surface area contributed by atoms with Gasteiger partial charge in [-0.2, -0.15) is 0 Å². The third kappa shape index (κ3) is 5.88. The second-order valence-corrected chi connectivity index (χ2v) is 14.5. The number of anilines is 1. The van der Waals surface area contributed by atoms with Crippen LogP contribution in [0, 0.1) is 6.92 Å². The van der Waals surface area contributed by atoms with E-state index in [-0.39, 0.29) is 5.41 Å². The van der Waals surface area contributed by atoms with Crippen molar-refractivity contribution < 1.29 is 0 Å². The molecule has 1 aliphatic rings. The Hall–Kier alpha value is -5.87. The van der Waals surface area contributed by atoms with Crippen LogP contribution in [0.4, 0.5) is 5.69 Å². The first kappa shape index (κ1) is 31.4. The number of fused-ring (bicyclic) bond motifs is 3. The van der Waals surface area contributed by atoms with Crippen molar-refractivity contribution >= 4 is 22.7 Å². The molecule has 0 aliphatic carbocycles. The molecule has 1 N–H and O–H groups in total. The average molecular weight is 649 g/mol. The molecule has 0 saturated carbocycles. The van der Waals surface area contributed by atoms with Gasteiger partial charge in [-0.25, -0.2) is 9.97 Å². The zero-order valence-corrected chi connectivity index (χ0v) is 29.2. The Kier molecular flexibility index (Phi) is 7.68. The van der Waals surface area contributed by atoms with Gasteiger partial charge in [0.1, 0.15) is 0 Å². The highest BCUT2D eigenvalue weighted by molar-refractivity contribution is 5.99. The van der Waals surface area contributed by atoms with Crippen LogP contribution in [-0.4, -0.2) is 15.0 Å². The van der Waals surface area contributed by atoms with Gasteiger partial charge in [0, 0.05) is 27.8 Å². The normalized spacial score (nSPS) is 15.5. The van der Waals surface area contributed by atoms with Gasteiger partial charge in [-0.1, -0.05) is 148 Å². The molecular weight excluding hydrogens is 609 g/mol. The number of nitrogens with zero attached hydrogens (tertiary/aromatic N) is 3. The Morgan fingerprint density at radius 3 is 1.84 bits per heavy atom. The maximum absolute atomic E-state index is 5.05. The van der Waals surface area contributed by atoms with Gasteiger partial charge in [-0.05, 0) is 65.3 Å². The Morgan fingerprint density at radius 1 is 0.580 bits per heavy atom. The molecule has 0 amide bonds. The van der Waals surface area contributed by atoms with Crippen molar-refractivity contribution in [3.05, 3.63) is 162 Å². The molecule has 0 radical (unpaired) electrons. The fourth-order valence-corrected chi connectivity index (χ4v) is 6.99. The number of benzene rings is 5. The second kappa shape index (κ2) is 12.2. The van der Waals surface area contributed by atoms with E-state index in [4.69, 9.17) is 15.0 Å². The van der Waals surface area contributed by atoms with E-state index < -0.39 is 5.54 Å². The van der Waals surface area contributed by atoms with Gasteiger partial charge in [0.15, 0.2) is 5.82 Å². The van der Waals surface area contributed by atoms with Crippen molar-refractivity contribution in [2.75, 3.05) is 5.32 Å². The SMILES string of the molecule is Cc1cc(C(C)(C)C)c2ccc3c(c2n1)N[C@](C)(c1ccc(-c2cccc(-c4nc(-c5ccccc5)cc(-c5ccccc5)n4)c2)cc1)C=C3. The molecule has 5 aromatic carbocycles. The number of rotatable bonds is 5.